The zero-order valence-electron chi connectivity index (χ0n) is 24.0. The van der Waals surface area contributed by atoms with Crippen molar-refractivity contribution in [2.24, 2.45) is 35.5 Å². The highest BCUT2D eigenvalue weighted by Gasteiger charge is 2.35. The van der Waals surface area contributed by atoms with Gasteiger partial charge in [-0.05, 0) is 49.4 Å². The Balaban J connectivity index is 4.97. The fourth-order valence-electron chi connectivity index (χ4n) is 4.21. The number of hydrogen-bond acceptors (Lipinski definition) is 4. The number of rotatable bonds is 21. The van der Waals surface area contributed by atoms with Crippen LogP contribution in [0.2, 0.25) is 0 Å². The molecule has 2 atom stereocenters. The van der Waals surface area contributed by atoms with Crippen LogP contribution in [-0.4, -0.2) is 25.2 Å². The van der Waals surface area contributed by atoms with Crippen molar-refractivity contribution in [1.82, 2.24) is 0 Å². The van der Waals surface area contributed by atoms with Gasteiger partial charge in [0.1, 0.15) is 0 Å². The SMILES string of the molecule is CC(C)CCCCCOC(=O)C(CCC(C)C)C(CCC(C)C)C(=O)OCCCCCC(C)C. The molecule has 0 amide bonds. The number of unbranched alkanes of at least 4 members (excludes halogenated alkanes) is 4. The molecule has 0 aliphatic rings. The van der Waals surface area contributed by atoms with Crippen LogP contribution < -0.4 is 0 Å². The first kappa shape index (κ1) is 32.9. The molecule has 0 aliphatic carbocycles. The summed E-state index contributed by atoms with van der Waals surface area (Å²) < 4.78 is 11.4. The highest BCUT2D eigenvalue weighted by molar-refractivity contribution is 5.82. The van der Waals surface area contributed by atoms with Crippen molar-refractivity contribution in [1.29, 1.82) is 0 Å². The summed E-state index contributed by atoms with van der Waals surface area (Å²) in [6, 6.07) is 0. The molecule has 0 saturated heterocycles. The first-order chi connectivity index (χ1) is 16.0. The van der Waals surface area contributed by atoms with Crippen molar-refractivity contribution in [2.75, 3.05) is 13.2 Å². The van der Waals surface area contributed by atoms with E-state index in [9.17, 15) is 9.59 Å². The van der Waals surface area contributed by atoms with Crippen LogP contribution in [0.3, 0.4) is 0 Å². The van der Waals surface area contributed by atoms with Crippen molar-refractivity contribution in [2.45, 2.75) is 132 Å². The summed E-state index contributed by atoms with van der Waals surface area (Å²) in [6.07, 6.45) is 11.9. The molecule has 202 valence electrons. The molecule has 0 aromatic heterocycles. The lowest BCUT2D eigenvalue weighted by molar-refractivity contribution is -0.162. The van der Waals surface area contributed by atoms with E-state index in [0.717, 1.165) is 38.5 Å². The predicted octanol–water partition coefficient (Wildman–Crippen LogP) is 8.61. The predicted molar refractivity (Wildman–Crippen MR) is 144 cm³/mol. The second-order valence-corrected chi connectivity index (χ2v) is 12.0. The van der Waals surface area contributed by atoms with Gasteiger partial charge in [0.05, 0.1) is 25.0 Å². The van der Waals surface area contributed by atoms with E-state index in [1.807, 2.05) is 0 Å². The van der Waals surface area contributed by atoms with Crippen LogP contribution in [0.1, 0.15) is 132 Å². The third-order valence-corrected chi connectivity index (χ3v) is 6.54. The van der Waals surface area contributed by atoms with Gasteiger partial charge in [-0.1, -0.05) is 107 Å². The third kappa shape index (κ3) is 18.3. The second-order valence-electron chi connectivity index (χ2n) is 12.0. The number of ether oxygens (including phenoxy) is 2. The van der Waals surface area contributed by atoms with Gasteiger partial charge in [0.25, 0.3) is 0 Å². The van der Waals surface area contributed by atoms with Crippen LogP contribution in [0.4, 0.5) is 0 Å². The van der Waals surface area contributed by atoms with Crippen molar-refractivity contribution in [3.05, 3.63) is 0 Å². The second kappa shape index (κ2) is 20.2. The van der Waals surface area contributed by atoms with E-state index in [1.165, 1.54) is 25.7 Å². The Labute approximate surface area is 212 Å². The van der Waals surface area contributed by atoms with Crippen LogP contribution in [0.15, 0.2) is 0 Å². The highest BCUT2D eigenvalue weighted by Crippen LogP contribution is 2.29. The van der Waals surface area contributed by atoms with E-state index >= 15 is 0 Å². The van der Waals surface area contributed by atoms with Crippen molar-refractivity contribution >= 4 is 11.9 Å². The molecule has 0 fully saturated rings. The van der Waals surface area contributed by atoms with Gasteiger partial charge in [-0.3, -0.25) is 9.59 Å². The Morgan fingerprint density at radius 3 is 1.06 bits per heavy atom. The summed E-state index contributed by atoms with van der Waals surface area (Å²) in [6.45, 7) is 18.5. The summed E-state index contributed by atoms with van der Waals surface area (Å²) in [5.74, 6) is 1.19. The molecule has 4 nitrogen and oxygen atoms in total. The summed E-state index contributed by atoms with van der Waals surface area (Å²) >= 11 is 0. The smallest absolute Gasteiger partial charge is 0.309 e. The molecule has 2 unspecified atom stereocenters. The van der Waals surface area contributed by atoms with Gasteiger partial charge in [0.15, 0.2) is 0 Å². The Morgan fingerprint density at radius 2 is 0.765 bits per heavy atom. The van der Waals surface area contributed by atoms with Crippen LogP contribution in [-0.2, 0) is 19.1 Å². The van der Waals surface area contributed by atoms with Crippen LogP contribution in [0, 0.1) is 35.5 Å². The van der Waals surface area contributed by atoms with Crippen molar-refractivity contribution in [3.63, 3.8) is 0 Å². The minimum atomic E-state index is -0.398. The van der Waals surface area contributed by atoms with E-state index < -0.39 is 11.8 Å². The third-order valence-electron chi connectivity index (χ3n) is 6.54. The standard InChI is InChI=1S/C30H58O4/c1-23(2)15-11-9-13-21-33-29(31)27(19-17-25(5)6)28(20-18-26(7)8)30(32)34-22-14-10-12-16-24(3)4/h23-28H,9-22H2,1-8H3. The number of carbonyl (C=O) groups excluding carboxylic acids is 2. The number of hydrogen-bond donors (Lipinski definition) is 0. The zero-order chi connectivity index (χ0) is 25.9. The van der Waals surface area contributed by atoms with Gasteiger partial charge in [-0.25, -0.2) is 0 Å². The maximum Gasteiger partial charge on any atom is 0.309 e. The Hall–Kier alpha value is -1.06. The summed E-state index contributed by atoms with van der Waals surface area (Å²) in [4.78, 5) is 26.3. The fraction of sp³-hybridized carbons (Fsp3) is 0.933. The fourth-order valence-corrected chi connectivity index (χ4v) is 4.21. The minimum absolute atomic E-state index is 0.202. The summed E-state index contributed by atoms with van der Waals surface area (Å²) in [5.41, 5.74) is 0. The molecule has 4 heteroatoms. The molecule has 0 heterocycles. The average molecular weight is 483 g/mol. The molecule has 0 aromatic carbocycles. The Bertz CT molecular complexity index is 464. The molecule has 0 bridgehead atoms. The normalized spacial score (nSPS) is 13.6. The molecule has 0 spiro atoms. The quantitative estimate of drug-likeness (QED) is 0.121. The van der Waals surface area contributed by atoms with E-state index in [2.05, 4.69) is 55.4 Å². The number of carbonyl (C=O) groups is 2. The molecule has 0 saturated carbocycles. The minimum Gasteiger partial charge on any atom is -0.465 e. The Kier molecular flexibility index (Phi) is 19.5. The van der Waals surface area contributed by atoms with E-state index in [4.69, 9.17) is 9.47 Å². The average Bonchev–Trinajstić information content (AvgIpc) is 2.74. The van der Waals surface area contributed by atoms with Crippen LogP contribution >= 0.6 is 0 Å². The maximum absolute atomic E-state index is 13.1. The highest BCUT2D eigenvalue weighted by atomic mass is 16.5. The summed E-state index contributed by atoms with van der Waals surface area (Å²) in [5, 5.41) is 0. The lowest BCUT2D eigenvalue weighted by Crippen LogP contribution is -2.33. The Morgan fingerprint density at radius 1 is 0.441 bits per heavy atom. The molecular formula is C30H58O4. The molecule has 0 rings (SSSR count). The molecule has 0 aliphatic heterocycles. The molecule has 0 aromatic rings. The van der Waals surface area contributed by atoms with E-state index in [1.54, 1.807) is 0 Å². The first-order valence-electron chi connectivity index (χ1n) is 14.4. The lowest BCUT2D eigenvalue weighted by atomic mass is 9.82. The summed E-state index contributed by atoms with van der Waals surface area (Å²) in [7, 11) is 0. The zero-order valence-corrected chi connectivity index (χ0v) is 24.0. The molecule has 0 N–H and O–H groups in total. The monoisotopic (exact) mass is 482 g/mol. The molecular weight excluding hydrogens is 424 g/mol. The maximum atomic E-state index is 13.1. The lowest BCUT2D eigenvalue weighted by Gasteiger charge is -2.26. The van der Waals surface area contributed by atoms with Crippen molar-refractivity contribution in [3.8, 4) is 0 Å². The van der Waals surface area contributed by atoms with E-state index in [-0.39, 0.29) is 11.9 Å². The van der Waals surface area contributed by atoms with Crippen molar-refractivity contribution < 1.29 is 19.1 Å². The van der Waals surface area contributed by atoms with Crippen LogP contribution in [0.5, 0.6) is 0 Å². The van der Waals surface area contributed by atoms with Gasteiger partial charge >= 0.3 is 11.9 Å². The van der Waals surface area contributed by atoms with E-state index in [0.29, 0.717) is 49.7 Å². The first-order valence-corrected chi connectivity index (χ1v) is 14.4. The van der Waals surface area contributed by atoms with Gasteiger partial charge in [-0.2, -0.15) is 0 Å². The largest absolute Gasteiger partial charge is 0.465 e. The van der Waals surface area contributed by atoms with Gasteiger partial charge in [0, 0.05) is 0 Å². The molecule has 0 radical (unpaired) electrons. The molecule has 34 heavy (non-hydrogen) atoms. The topological polar surface area (TPSA) is 52.6 Å². The van der Waals surface area contributed by atoms with Gasteiger partial charge in [-0.15, -0.1) is 0 Å². The number of esters is 2. The van der Waals surface area contributed by atoms with Gasteiger partial charge < -0.3 is 9.47 Å². The van der Waals surface area contributed by atoms with Gasteiger partial charge in [0.2, 0.25) is 0 Å². The van der Waals surface area contributed by atoms with Crippen LogP contribution in [0.25, 0.3) is 0 Å².